The first-order chi connectivity index (χ1) is 27.5. The number of nitrogens with zero attached hydrogens (tertiary/aromatic N) is 4. The first-order valence-corrected chi connectivity index (χ1v) is 20.3. The van der Waals surface area contributed by atoms with Crippen LogP contribution < -0.4 is 30.0 Å². The van der Waals surface area contributed by atoms with Crippen molar-refractivity contribution in [2.75, 3.05) is 52.6 Å². The molecule has 12 nitrogen and oxygen atoms in total. The summed E-state index contributed by atoms with van der Waals surface area (Å²) < 4.78 is 28.9. The lowest BCUT2D eigenvalue weighted by Gasteiger charge is -2.33. The highest BCUT2D eigenvalue weighted by atomic mass is 35.5. The zero-order valence-corrected chi connectivity index (χ0v) is 33.3. The number of likely N-dealkylation sites (tertiary alicyclic amines) is 2. The third kappa shape index (κ3) is 11.4. The molecule has 2 atom stereocenters. The Bertz CT molecular complexity index is 1860. The summed E-state index contributed by atoms with van der Waals surface area (Å²) >= 11 is 0. The third-order valence-corrected chi connectivity index (χ3v) is 11.4. The molecule has 9 rings (SSSR count). The monoisotopic (exact) mass is 814 g/mol. The maximum Gasteiger partial charge on any atom is 0.257 e. The fraction of sp³-hybridized carbons (Fsp3) is 0.489. The van der Waals surface area contributed by atoms with Gasteiger partial charge in [0, 0.05) is 69.8 Å². The topological polar surface area (TPSA) is 134 Å². The number of nitrogens with one attached hydrogen (secondary N) is 1. The van der Waals surface area contributed by atoms with Gasteiger partial charge in [0.2, 0.25) is 5.91 Å². The van der Waals surface area contributed by atoms with Gasteiger partial charge in [-0.15, -0.1) is 12.4 Å². The minimum Gasteiger partial charge on any atom is -0.484 e. The lowest BCUT2D eigenvalue weighted by atomic mass is 9.97. The van der Waals surface area contributed by atoms with E-state index in [9.17, 15) is 4.79 Å². The second kappa shape index (κ2) is 21.0. The van der Waals surface area contributed by atoms with E-state index < -0.39 is 0 Å². The Morgan fingerprint density at radius 2 is 1.14 bits per heavy atom. The van der Waals surface area contributed by atoms with Crippen molar-refractivity contribution in [3.63, 3.8) is 0 Å². The first-order valence-electron chi connectivity index (χ1n) is 20.3. The Morgan fingerprint density at radius 3 is 1.62 bits per heavy atom. The van der Waals surface area contributed by atoms with Crippen LogP contribution in [0.1, 0.15) is 80.4 Å². The van der Waals surface area contributed by atoms with Gasteiger partial charge in [0.15, 0.2) is 23.7 Å². The number of nitrogens with two attached hydrogens (primary N) is 1. The summed E-state index contributed by atoms with van der Waals surface area (Å²) in [5, 5.41) is 3.27. The van der Waals surface area contributed by atoms with Crippen molar-refractivity contribution >= 4 is 18.3 Å². The number of hydrogen-bond donors (Lipinski definition) is 2. The van der Waals surface area contributed by atoms with E-state index in [0.29, 0.717) is 61.8 Å². The van der Waals surface area contributed by atoms with Crippen LogP contribution in [0.4, 0.5) is 0 Å². The highest BCUT2D eigenvalue weighted by Crippen LogP contribution is 2.35. The van der Waals surface area contributed by atoms with E-state index in [1.165, 1.54) is 11.1 Å². The Kier molecular flexibility index (Phi) is 15.6. The smallest absolute Gasteiger partial charge is 0.257 e. The van der Waals surface area contributed by atoms with Gasteiger partial charge in [0.05, 0.1) is 0 Å². The molecule has 2 aromatic carbocycles. The molecular weight excluding hydrogens is 756 g/mol. The van der Waals surface area contributed by atoms with Gasteiger partial charge in [0.1, 0.15) is 13.2 Å². The van der Waals surface area contributed by atoms with Crippen molar-refractivity contribution in [3.05, 3.63) is 107 Å². The van der Waals surface area contributed by atoms with Gasteiger partial charge in [-0.1, -0.05) is 56.0 Å². The third-order valence-electron chi connectivity index (χ3n) is 11.4. The molecule has 3 saturated heterocycles. The van der Waals surface area contributed by atoms with Crippen LogP contribution in [0.15, 0.2) is 85.2 Å². The highest BCUT2D eigenvalue weighted by Gasteiger charge is 2.28. The van der Waals surface area contributed by atoms with Gasteiger partial charge in [0.25, 0.3) is 11.8 Å². The van der Waals surface area contributed by atoms with Crippen LogP contribution in [0.2, 0.25) is 0 Å². The van der Waals surface area contributed by atoms with E-state index in [2.05, 4.69) is 73.6 Å². The Morgan fingerprint density at radius 1 is 0.672 bits per heavy atom. The molecule has 0 bridgehead atoms. The number of amides is 1. The quantitative estimate of drug-likeness (QED) is 0.198. The standard InChI is InChI=1S/C25H31N3O4.C19H23N3O2.CH4.ClH/c29-24(20-9-14-30-15-10-20)27-21-7-12-28(13-8-21)16-18-3-5-19(6-4-18)23-17-31-22-2-1-11-26-25(22)32-23;20-16-7-10-22(11-8-16)12-14-3-5-15(6-4-14)18-13-23-17-2-1-9-21-19(17)24-18;;/h1-6,11,20-21,23H,7-10,12-17H2,(H,27,29);1-6,9,16,18H,7-8,10-13,20H2;1H4;1H/t23-;18-;;/m11../s1. The Labute approximate surface area is 349 Å². The summed E-state index contributed by atoms with van der Waals surface area (Å²) in [5.74, 6) is 2.89. The van der Waals surface area contributed by atoms with Gasteiger partial charge in [-0.05, 0) is 98.1 Å². The van der Waals surface area contributed by atoms with Crippen LogP contribution >= 0.6 is 12.4 Å². The molecule has 7 heterocycles. The molecule has 0 unspecified atom stereocenters. The van der Waals surface area contributed by atoms with Crippen molar-refractivity contribution in [3.8, 4) is 23.3 Å². The Balaban J connectivity index is 0.000000196. The zero-order valence-electron chi connectivity index (χ0n) is 32.5. The van der Waals surface area contributed by atoms with Crippen molar-refractivity contribution in [1.29, 1.82) is 0 Å². The number of piperidine rings is 2. The van der Waals surface area contributed by atoms with Gasteiger partial charge >= 0.3 is 0 Å². The molecule has 3 N–H and O–H groups in total. The van der Waals surface area contributed by atoms with E-state index in [0.717, 1.165) is 88.9 Å². The predicted octanol–water partition coefficient (Wildman–Crippen LogP) is 6.68. The minimum absolute atomic E-state index is 0. The molecule has 0 radical (unpaired) electrons. The van der Waals surface area contributed by atoms with Crippen molar-refractivity contribution in [1.82, 2.24) is 25.1 Å². The summed E-state index contributed by atoms with van der Waals surface area (Å²) in [6.45, 7) is 8.51. The normalized spacial score (nSPS) is 21.3. The number of hydrogen-bond acceptors (Lipinski definition) is 11. The number of benzene rings is 2. The van der Waals surface area contributed by atoms with Gasteiger partial charge in [-0.2, -0.15) is 0 Å². The average Bonchev–Trinajstić information content (AvgIpc) is 3.26. The van der Waals surface area contributed by atoms with Crippen LogP contribution in [0.5, 0.6) is 23.3 Å². The molecule has 0 saturated carbocycles. The molecule has 3 fully saturated rings. The van der Waals surface area contributed by atoms with Gasteiger partial charge in [-0.25, -0.2) is 9.97 Å². The number of carbonyl (C=O) groups excluding carboxylic acids is 1. The van der Waals surface area contributed by atoms with Crippen LogP contribution in [-0.4, -0.2) is 90.4 Å². The van der Waals surface area contributed by atoms with Crippen LogP contribution in [0, 0.1) is 5.92 Å². The maximum absolute atomic E-state index is 12.5. The van der Waals surface area contributed by atoms with Crippen molar-refractivity contribution in [2.45, 2.75) is 83.3 Å². The molecule has 0 aliphatic carbocycles. The van der Waals surface area contributed by atoms with Gasteiger partial charge < -0.3 is 34.7 Å². The summed E-state index contributed by atoms with van der Waals surface area (Å²) in [5.41, 5.74) is 10.8. The molecule has 312 valence electrons. The summed E-state index contributed by atoms with van der Waals surface area (Å²) in [4.78, 5) is 25.9. The largest absolute Gasteiger partial charge is 0.484 e. The number of pyridine rings is 2. The number of ether oxygens (including phenoxy) is 5. The SMILES string of the molecule is C.Cl.NC1CCN(Cc2ccc([C@H]3COc4cccnc4O3)cc2)CC1.O=C(NC1CCN(Cc2ccc([C@H]3COc4cccnc4O3)cc2)CC1)C1CCOCC1. The average molecular weight is 815 g/mol. The fourth-order valence-electron chi connectivity index (χ4n) is 7.96. The molecule has 2 aromatic heterocycles. The van der Waals surface area contributed by atoms with Crippen LogP contribution in [0.25, 0.3) is 0 Å². The predicted molar refractivity (Wildman–Crippen MR) is 226 cm³/mol. The molecule has 58 heavy (non-hydrogen) atoms. The first kappa shape index (κ1) is 43.1. The number of halogens is 1. The van der Waals surface area contributed by atoms with Gasteiger partial charge in [-0.3, -0.25) is 14.6 Å². The molecule has 13 heteroatoms. The van der Waals surface area contributed by atoms with Crippen molar-refractivity contribution < 1.29 is 28.5 Å². The summed E-state index contributed by atoms with van der Waals surface area (Å²) in [7, 11) is 0. The maximum atomic E-state index is 12.5. The second-order valence-corrected chi connectivity index (χ2v) is 15.5. The van der Waals surface area contributed by atoms with E-state index in [-0.39, 0.29) is 43.9 Å². The Hall–Kier alpha value is -4.46. The number of rotatable bonds is 8. The minimum atomic E-state index is -0.137. The van der Waals surface area contributed by atoms with E-state index in [1.54, 1.807) is 12.4 Å². The fourth-order valence-corrected chi connectivity index (χ4v) is 7.96. The molecule has 4 aromatic rings. The van der Waals surface area contributed by atoms with Crippen LogP contribution in [-0.2, 0) is 22.6 Å². The molecule has 1 amide bonds. The molecule has 5 aliphatic heterocycles. The summed E-state index contributed by atoms with van der Waals surface area (Å²) in [6.07, 6.45) is 9.10. The highest BCUT2D eigenvalue weighted by molar-refractivity contribution is 5.85. The number of fused-ring (bicyclic) bond motifs is 2. The lowest BCUT2D eigenvalue weighted by Crippen LogP contribution is -2.46. The molecule has 0 spiro atoms. The molecular formula is C45H59ClN6O6. The zero-order chi connectivity index (χ0) is 38.1. The molecule has 5 aliphatic rings. The number of aromatic nitrogens is 2. The van der Waals surface area contributed by atoms with E-state index >= 15 is 0 Å². The lowest BCUT2D eigenvalue weighted by molar-refractivity contribution is -0.128. The van der Waals surface area contributed by atoms with Crippen molar-refractivity contribution in [2.24, 2.45) is 11.7 Å². The van der Waals surface area contributed by atoms with E-state index in [4.69, 9.17) is 29.4 Å². The second-order valence-electron chi connectivity index (χ2n) is 15.5. The van der Waals surface area contributed by atoms with Crippen LogP contribution in [0.3, 0.4) is 0 Å². The number of carbonyl (C=O) groups is 1. The van der Waals surface area contributed by atoms with E-state index in [1.807, 2.05) is 24.3 Å². The summed E-state index contributed by atoms with van der Waals surface area (Å²) in [6, 6.07) is 25.3.